The van der Waals surface area contributed by atoms with Crippen molar-refractivity contribution in [3.05, 3.63) is 0 Å². The summed E-state index contributed by atoms with van der Waals surface area (Å²) in [6, 6.07) is 0.893. The summed E-state index contributed by atoms with van der Waals surface area (Å²) < 4.78 is 0. The molecule has 2 saturated heterocycles. The van der Waals surface area contributed by atoms with E-state index in [0.717, 1.165) is 12.0 Å². The van der Waals surface area contributed by atoms with Crippen molar-refractivity contribution < 1.29 is 0 Å². The fourth-order valence-electron chi connectivity index (χ4n) is 3.59. The fourth-order valence-corrected chi connectivity index (χ4v) is 3.59. The smallest absolute Gasteiger partial charge is 0.0223 e. The van der Waals surface area contributed by atoms with Gasteiger partial charge in [0, 0.05) is 32.2 Å². The number of piperidine rings is 1. The van der Waals surface area contributed by atoms with Crippen molar-refractivity contribution in [1.82, 2.24) is 9.80 Å². The third-order valence-corrected chi connectivity index (χ3v) is 5.12. The number of nitrogens with zero attached hydrogens (tertiary/aromatic N) is 2. The first kappa shape index (κ1) is 11.0. The van der Waals surface area contributed by atoms with Crippen LogP contribution in [0.15, 0.2) is 0 Å². The molecule has 1 aliphatic carbocycles. The van der Waals surface area contributed by atoms with Crippen molar-refractivity contribution in [3.8, 4) is 0 Å². The predicted octanol–water partition coefficient (Wildman–Crippen LogP) is 2.20. The number of fused-ring (bicyclic) bond motifs is 1. The topological polar surface area (TPSA) is 6.48 Å². The van der Waals surface area contributed by atoms with Crippen LogP contribution >= 0.6 is 0 Å². The number of rotatable bonds is 2. The summed E-state index contributed by atoms with van der Waals surface area (Å²) in [5, 5.41) is 0. The lowest BCUT2D eigenvalue weighted by atomic mass is 9.99. The SMILES string of the molecule is CC1(C)CC1CN1CCN2CCCCC2C1. The standard InChI is InChI=1S/C14H26N2/c1-14(2)9-12(14)10-15-7-8-16-6-4-3-5-13(16)11-15/h12-13H,3-11H2,1-2H3. The predicted molar refractivity (Wildman–Crippen MR) is 67.5 cm³/mol. The summed E-state index contributed by atoms with van der Waals surface area (Å²) in [7, 11) is 0. The van der Waals surface area contributed by atoms with Crippen molar-refractivity contribution in [3.63, 3.8) is 0 Å². The van der Waals surface area contributed by atoms with E-state index in [1.54, 1.807) is 0 Å². The fraction of sp³-hybridized carbons (Fsp3) is 1.00. The summed E-state index contributed by atoms with van der Waals surface area (Å²) in [5.41, 5.74) is 0.656. The normalized spacial score (nSPS) is 39.4. The Morgan fingerprint density at radius 3 is 2.69 bits per heavy atom. The van der Waals surface area contributed by atoms with Crippen LogP contribution in [0.25, 0.3) is 0 Å². The third kappa shape index (κ3) is 2.14. The van der Waals surface area contributed by atoms with E-state index in [9.17, 15) is 0 Å². The van der Waals surface area contributed by atoms with Gasteiger partial charge < -0.3 is 4.90 Å². The first-order valence-corrected chi connectivity index (χ1v) is 7.11. The second kappa shape index (κ2) is 3.99. The van der Waals surface area contributed by atoms with E-state index in [1.165, 1.54) is 58.4 Å². The monoisotopic (exact) mass is 222 g/mol. The lowest BCUT2D eigenvalue weighted by Crippen LogP contribution is -2.55. The van der Waals surface area contributed by atoms with Gasteiger partial charge in [-0.3, -0.25) is 4.90 Å². The van der Waals surface area contributed by atoms with Crippen LogP contribution in [0.5, 0.6) is 0 Å². The minimum atomic E-state index is 0.656. The molecule has 2 heterocycles. The largest absolute Gasteiger partial charge is 0.300 e. The molecule has 2 nitrogen and oxygen atoms in total. The van der Waals surface area contributed by atoms with E-state index in [1.807, 2.05) is 0 Å². The van der Waals surface area contributed by atoms with Crippen molar-refractivity contribution in [2.45, 2.75) is 45.6 Å². The van der Waals surface area contributed by atoms with Crippen LogP contribution in [0.3, 0.4) is 0 Å². The minimum Gasteiger partial charge on any atom is -0.300 e. The van der Waals surface area contributed by atoms with Gasteiger partial charge in [-0.15, -0.1) is 0 Å². The molecule has 3 fully saturated rings. The van der Waals surface area contributed by atoms with Gasteiger partial charge >= 0.3 is 0 Å². The van der Waals surface area contributed by atoms with E-state index in [2.05, 4.69) is 23.6 Å². The van der Waals surface area contributed by atoms with Gasteiger partial charge in [0.2, 0.25) is 0 Å². The molecule has 0 radical (unpaired) electrons. The average Bonchev–Trinajstić information content (AvgIpc) is 2.86. The molecular weight excluding hydrogens is 196 g/mol. The third-order valence-electron chi connectivity index (χ3n) is 5.12. The van der Waals surface area contributed by atoms with Gasteiger partial charge in [0.1, 0.15) is 0 Å². The van der Waals surface area contributed by atoms with E-state index >= 15 is 0 Å². The molecule has 2 aliphatic heterocycles. The highest BCUT2D eigenvalue weighted by molar-refractivity contribution is 4.98. The average molecular weight is 222 g/mol. The Morgan fingerprint density at radius 2 is 1.94 bits per heavy atom. The van der Waals surface area contributed by atoms with Gasteiger partial charge in [-0.25, -0.2) is 0 Å². The molecule has 3 rings (SSSR count). The van der Waals surface area contributed by atoms with Gasteiger partial charge in [-0.2, -0.15) is 0 Å². The second-order valence-corrected chi connectivity index (χ2v) is 6.83. The molecule has 0 amide bonds. The van der Waals surface area contributed by atoms with E-state index in [0.29, 0.717) is 5.41 Å². The zero-order chi connectivity index (χ0) is 11.2. The Bertz CT molecular complexity index is 261. The number of hydrogen-bond donors (Lipinski definition) is 0. The second-order valence-electron chi connectivity index (χ2n) is 6.83. The van der Waals surface area contributed by atoms with Gasteiger partial charge in [0.15, 0.2) is 0 Å². The van der Waals surface area contributed by atoms with Crippen LogP contribution < -0.4 is 0 Å². The van der Waals surface area contributed by atoms with Crippen LogP contribution in [0, 0.1) is 11.3 Å². The molecular formula is C14H26N2. The van der Waals surface area contributed by atoms with Gasteiger partial charge in [0.05, 0.1) is 0 Å². The van der Waals surface area contributed by atoms with Gasteiger partial charge in [-0.05, 0) is 37.1 Å². The summed E-state index contributed by atoms with van der Waals surface area (Å²) in [6.07, 6.45) is 5.80. The van der Waals surface area contributed by atoms with Crippen LogP contribution in [0.2, 0.25) is 0 Å². The Balaban J connectivity index is 1.51. The molecule has 1 saturated carbocycles. The molecule has 0 N–H and O–H groups in total. The zero-order valence-electron chi connectivity index (χ0n) is 10.9. The molecule has 3 aliphatic rings. The minimum absolute atomic E-state index is 0.656. The Morgan fingerprint density at radius 1 is 1.12 bits per heavy atom. The summed E-state index contributed by atoms with van der Waals surface area (Å²) in [5.74, 6) is 0.989. The number of hydrogen-bond acceptors (Lipinski definition) is 2. The summed E-state index contributed by atoms with van der Waals surface area (Å²) >= 11 is 0. The highest BCUT2D eigenvalue weighted by Crippen LogP contribution is 2.51. The molecule has 0 bridgehead atoms. The van der Waals surface area contributed by atoms with Crippen LogP contribution in [0.4, 0.5) is 0 Å². The summed E-state index contributed by atoms with van der Waals surface area (Å²) in [6.45, 7) is 11.6. The molecule has 0 aromatic carbocycles. The van der Waals surface area contributed by atoms with Crippen molar-refractivity contribution in [2.75, 3.05) is 32.7 Å². The summed E-state index contributed by atoms with van der Waals surface area (Å²) in [4.78, 5) is 5.48. The van der Waals surface area contributed by atoms with Crippen LogP contribution in [0.1, 0.15) is 39.5 Å². The highest BCUT2D eigenvalue weighted by Gasteiger charge is 2.46. The first-order chi connectivity index (χ1) is 7.65. The van der Waals surface area contributed by atoms with Crippen LogP contribution in [-0.4, -0.2) is 48.6 Å². The Hall–Kier alpha value is -0.0800. The molecule has 16 heavy (non-hydrogen) atoms. The van der Waals surface area contributed by atoms with E-state index in [4.69, 9.17) is 0 Å². The Kier molecular flexibility index (Phi) is 2.75. The van der Waals surface area contributed by atoms with Gasteiger partial charge in [0.25, 0.3) is 0 Å². The molecule has 0 aromatic rings. The highest BCUT2D eigenvalue weighted by atomic mass is 15.3. The van der Waals surface area contributed by atoms with Crippen molar-refractivity contribution in [2.24, 2.45) is 11.3 Å². The van der Waals surface area contributed by atoms with Crippen LogP contribution in [-0.2, 0) is 0 Å². The van der Waals surface area contributed by atoms with E-state index in [-0.39, 0.29) is 0 Å². The molecule has 2 atom stereocenters. The lowest BCUT2D eigenvalue weighted by molar-refractivity contribution is 0.0457. The van der Waals surface area contributed by atoms with Gasteiger partial charge in [-0.1, -0.05) is 20.3 Å². The Labute approximate surface area is 100.0 Å². The molecule has 0 spiro atoms. The van der Waals surface area contributed by atoms with Crippen molar-refractivity contribution in [1.29, 1.82) is 0 Å². The first-order valence-electron chi connectivity index (χ1n) is 7.11. The van der Waals surface area contributed by atoms with E-state index < -0.39 is 0 Å². The van der Waals surface area contributed by atoms with Crippen molar-refractivity contribution >= 4 is 0 Å². The number of piperazine rings is 1. The molecule has 0 aromatic heterocycles. The zero-order valence-corrected chi connectivity index (χ0v) is 10.9. The molecule has 2 heteroatoms. The maximum Gasteiger partial charge on any atom is 0.0223 e. The lowest BCUT2D eigenvalue weighted by Gasteiger charge is -2.44. The molecule has 2 unspecified atom stereocenters. The quantitative estimate of drug-likeness (QED) is 0.707. The maximum atomic E-state index is 2.74. The maximum absolute atomic E-state index is 2.74. The molecule has 92 valence electrons.